The van der Waals surface area contributed by atoms with Crippen LogP contribution in [0.3, 0.4) is 0 Å². The highest BCUT2D eigenvalue weighted by molar-refractivity contribution is 7.91. The second-order valence-corrected chi connectivity index (χ2v) is 9.21. The molecule has 3 heterocycles. The Kier molecular flexibility index (Phi) is 3.79. The molecule has 0 saturated heterocycles. The number of thiophene rings is 1. The van der Waals surface area contributed by atoms with Gasteiger partial charge in [0.2, 0.25) is 0 Å². The molecule has 2 aromatic heterocycles. The van der Waals surface area contributed by atoms with Gasteiger partial charge in [-0.2, -0.15) is 4.31 Å². The fourth-order valence-corrected chi connectivity index (χ4v) is 5.74. The van der Waals surface area contributed by atoms with E-state index in [-0.39, 0.29) is 0 Å². The number of aryl methyl sites for hydroxylation is 1. The molecular weight excluding hydrogens is 344 g/mol. The molecule has 5 nitrogen and oxygen atoms in total. The molecule has 7 heteroatoms. The van der Waals surface area contributed by atoms with Crippen molar-refractivity contribution in [3.63, 3.8) is 0 Å². The van der Waals surface area contributed by atoms with Crippen molar-refractivity contribution in [2.45, 2.75) is 24.1 Å². The molecule has 0 bridgehead atoms. The smallest absolute Gasteiger partial charge is 0.252 e. The summed E-state index contributed by atoms with van der Waals surface area (Å²) in [5.74, 6) is 0.780. The van der Waals surface area contributed by atoms with Gasteiger partial charge in [0.1, 0.15) is 15.7 Å². The molecule has 1 aromatic carbocycles. The van der Waals surface area contributed by atoms with Crippen LogP contribution < -0.4 is 0 Å². The summed E-state index contributed by atoms with van der Waals surface area (Å²) in [6.45, 7) is 2.61. The quantitative estimate of drug-likeness (QED) is 0.717. The van der Waals surface area contributed by atoms with Crippen molar-refractivity contribution in [2.75, 3.05) is 6.54 Å². The predicted octanol–water partition coefficient (Wildman–Crippen LogP) is 3.46. The van der Waals surface area contributed by atoms with Gasteiger partial charge in [-0.05, 0) is 19.1 Å². The fourth-order valence-electron chi connectivity index (χ4n) is 2.89. The average molecular weight is 360 g/mol. The normalized spacial score (nSPS) is 15.4. The summed E-state index contributed by atoms with van der Waals surface area (Å²) in [5.41, 5.74) is 2.53. The Bertz CT molecular complexity index is 974. The molecule has 0 spiro atoms. The first-order valence-corrected chi connectivity index (χ1v) is 9.91. The first-order valence-electron chi connectivity index (χ1n) is 7.65. The first-order chi connectivity index (χ1) is 11.6. The van der Waals surface area contributed by atoms with Gasteiger partial charge in [0, 0.05) is 35.5 Å². The molecule has 4 rings (SSSR count). The van der Waals surface area contributed by atoms with Crippen LogP contribution in [0.2, 0.25) is 0 Å². The molecule has 0 fully saturated rings. The Morgan fingerprint density at radius 3 is 2.67 bits per heavy atom. The van der Waals surface area contributed by atoms with Crippen molar-refractivity contribution in [1.82, 2.24) is 9.46 Å². The molecular formula is C17H16N2O3S2. The lowest BCUT2D eigenvalue weighted by Crippen LogP contribution is -2.35. The fraction of sp³-hybridized carbons (Fsp3) is 0.235. The van der Waals surface area contributed by atoms with Crippen LogP contribution in [0.5, 0.6) is 0 Å². The van der Waals surface area contributed by atoms with E-state index >= 15 is 0 Å². The summed E-state index contributed by atoms with van der Waals surface area (Å²) in [4.78, 5) is 0.987. The van der Waals surface area contributed by atoms with Crippen LogP contribution in [-0.2, 0) is 23.0 Å². The molecule has 0 saturated carbocycles. The third-order valence-corrected chi connectivity index (χ3v) is 7.46. The highest BCUT2D eigenvalue weighted by atomic mass is 32.2. The summed E-state index contributed by atoms with van der Waals surface area (Å²) in [6, 6.07) is 13.2. The van der Waals surface area contributed by atoms with Crippen molar-refractivity contribution < 1.29 is 12.9 Å². The van der Waals surface area contributed by atoms with Gasteiger partial charge in [0.05, 0.1) is 0 Å². The van der Waals surface area contributed by atoms with Gasteiger partial charge in [-0.1, -0.05) is 35.5 Å². The number of rotatable bonds is 3. The minimum Gasteiger partial charge on any atom is -0.360 e. The van der Waals surface area contributed by atoms with E-state index in [9.17, 15) is 8.42 Å². The Labute approximate surface area is 144 Å². The predicted molar refractivity (Wildman–Crippen MR) is 92.3 cm³/mol. The Morgan fingerprint density at radius 2 is 1.96 bits per heavy atom. The molecule has 0 atom stereocenters. The molecule has 0 aliphatic carbocycles. The molecule has 1 aliphatic heterocycles. The summed E-state index contributed by atoms with van der Waals surface area (Å²) in [6.07, 6.45) is 0.540. The standard InChI is InChI=1S/C17H16N2O3S2/c1-12-7-8-16(23-12)24(20,21)19-10-9-15-14(11-19)17(18-22-15)13-5-3-2-4-6-13/h2-8H,9-11H2,1H3. The van der Waals surface area contributed by atoms with Crippen molar-refractivity contribution in [3.05, 3.63) is 58.7 Å². The van der Waals surface area contributed by atoms with E-state index in [4.69, 9.17) is 4.52 Å². The topological polar surface area (TPSA) is 63.4 Å². The Balaban J connectivity index is 1.70. The highest BCUT2D eigenvalue weighted by Gasteiger charge is 2.33. The van der Waals surface area contributed by atoms with E-state index in [0.29, 0.717) is 23.7 Å². The van der Waals surface area contributed by atoms with E-state index in [1.54, 1.807) is 6.07 Å². The van der Waals surface area contributed by atoms with Crippen LogP contribution >= 0.6 is 11.3 Å². The van der Waals surface area contributed by atoms with Crippen molar-refractivity contribution in [1.29, 1.82) is 0 Å². The van der Waals surface area contributed by atoms with E-state index in [1.807, 2.05) is 43.3 Å². The van der Waals surface area contributed by atoms with Crippen LogP contribution in [0.25, 0.3) is 11.3 Å². The summed E-state index contributed by atoms with van der Waals surface area (Å²) in [5, 5.41) is 4.17. The lowest BCUT2D eigenvalue weighted by atomic mass is 10.0. The van der Waals surface area contributed by atoms with Gasteiger partial charge in [-0.3, -0.25) is 0 Å². The lowest BCUT2D eigenvalue weighted by molar-refractivity contribution is 0.332. The SMILES string of the molecule is Cc1ccc(S(=O)(=O)N2CCc3onc(-c4ccccc4)c3C2)s1. The zero-order valence-corrected chi connectivity index (χ0v) is 14.7. The number of benzene rings is 1. The third-order valence-electron chi connectivity index (χ3n) is 4.15. The van der Waals surface area contributed by atoms with E-state index in [1.165, 1.54) is 15.6 Å². The maximum atomic E-state index is 12.9. The van der Waals surface area contributed by atoms with Gasteiger partial charge in [0.15, 0.2) is 0 Å². The molecule has 24 heavy (non-hydrogen) atoms. The molecule has 124 valence electrons. The van der Waals surface area contributed by atoms with Gasteiger partial charge >= 0.3 is 0 Å². The van der Waals surface area contributed by atoms with Crippen molar-refractivity contribution in [2.24, 2.45) is 0 Å². The van der Waals surface area contributed by atoms with Crippen LogP contribution in [0.15, 0.2) is 51.2 Å². The minimum absolute atomic E-state index is 0.294. The first kappa shape index (κ1) is 15.6. The molecule has 0 radical (unpaired) electrons. The number of hydrogen-bond acceptors (Lipinski definition) is 5. The van der Waals surface area contributed by atoms with Crippen LogP contribution in [0.1, 0.15) is 16.2 Å². The molecule has 0 unspecified atom stereocenters. The van der Waals surface area contributed by atoms with E-state index < -0.39 is 10.0 Å². The molecule has 3 aromatic rings. The zero-order valence-electron chi connectivity index (χ0n) is 13.1. The maximum Gasteiger partial charge on any atom is 0.252 e. The molecule has 0 amide bonds. The largest absolute Gasteiger partial charge is 0.360 e. The number of nitrogens with zero attached hydrogens (tertiary/aromatic N) is 2. The van der Waals surface area contributed by atoms with Crippen molar-refractivity contribution in [3.8, 4) is 11.3 Å². The minimum atomic E-state index is -3.48. The maximum absolute atomic E-state index is 12.9. The average Bonchev–Trinajstić information content (AvgIpc) is 3.21. The lowest BCUT2D eigenvalue weighted by Gasteiger charge is -2.24. The number of sulfonamides is 1. The van der Waals surface area contributed by atoms with E-state index in [0.717, 1.165) is 27.5 Å². The van der Waals surface area contributed by atoms with Gasteiger partial charge in [-0.25, -0.2) is 8.42 Å². The highest BCUT2D eigenvalue weighted by Crippen LogP contribution is 2.33. The monoisotopic (exact) mass is 360 g/mol. The molecule has 0 N–H and O–H groups in total. The number of fused-ring (bicyclic) bond motifs is 1. The van der Waals surface area contributed by atoms with E-state index in [2.05, 4.69) is 5.16 Å². The third kappa shape index (κ3) is 2.58. The summed E-state index contributed by atoms with van der Waals surface area (Å²) < 4.78 is 33.1. The Morgan fingerprint density at radius 1 is 1.17 bits per heavy atom. The number of aromatic nitrogens is 1. The van der Waals surface area contributed by atoms with Gasteiger partial charge in [0.25, 0.3) is 10.0 Å². The summed E-state index contributed by atoms with van der Waals surface area (Å²) in [7, 11) is -3.48. The van der Waals surface area contributed by atoms with Crippen LogP contribution in [0.4, 0.5) is 0 Å². The zero-order chi connectivity index (χ0) is 16.7. The second kappa shape index (κ2) is 5.84. The van der Waals surface area contributed by atoms with Crippen LogP contribution in [-0.4, -0.2) is 24.4 Å². The molecule has 1 aliphatic rings. The second-order valence-electron chi connectivity index (χ2n) is 5.75. The van der Waals surface area contributed by atoms with Gasteiger partial charge < -0.3 is 4.52 Å². The van der Waals surface area contributed by atoms with Crippen LogP contribution in [0, 0.1) is 6.92 Å². The Hall–Kier alpha value is -1.96. The summed E-state index contributed by atoms with van der Waals surface area (Å²) >= 11 is 1.30. The van der Waals surface area contributed by atoms with Gasteiger partial charge in [-0.15, -0.1) is 11.3 Å². The number of hydrogen-bond donors (Lipinski definition) is 0. The van der Waals surface area contributed by atoms with Crippen molar-refractivity contribution >= 4 is 21.4 Å².